The van der Waals surface area contributed by atoms with Crippen molar-refractivity contribution in [3.05, 3.63) is 40.0 Å². The van der Waals surface area contributed by atoms with Crippen LogP contribution in [0, 0.1) is 11.3 Å². The summed E-state index contributed by atoms with van der Waals surface area (Å²) in [4.78, 5) is 23.0. The fraction of sp³-hybridized carbons (Fsp3) is 0.214. The largest absolute Gasteiger partial charge is 0.482 e. The molecule has 110 valence electrons. The Bertz CT molecular complexity index is 598. The molecule has 0 unspecified atom stereocenters. The number of hydrogen-bond acceptors (Lipinski definition) is 6. The molecule has 0 heterocycles. The second-order valence-corrected chi connectivity index (χ2v) is 4.91. The molecule has 0 atom stereocenters. The highest BCUT2D eigenvalue weighted by Gasteiger charge is 2.14. The monoisotopic (exact) mass is 352 g/mol. The maximum Gasteiger partial charge on any atom is 0.344 e. The van der Waals surface area contributed by atoms with Crippen LogP contribution in [0.3, 0.4) is 0 Å². The predicted molar refractivity (Wildman–Crippen MR) is 78.1 cm³/mol. The summed E-state index contributed by atoms with van der Waals surface area (Å²) in [6.45, 7) is 0.553. The first-order valence-electron chi connectivity index (χ1n) is 5.87. The summed E-state index contributed by atoms with van der Waals surface area (Å²) < 4.78 is 10.8. The van der Waals surface area contributed by atoms with Gasteiger partial charge in [-0.25, -0.2) is 4.79 Å². The lowest BCUT2D eigenvalue weighted by Gasteiger charge is -2.06. The van der Waals surface area contributed by atoms with Gasteiger partial charge in [0.1, 0.15) is 17.4 Å². The molecule has 6 nitrogen and oxygen atoms in total. The van der Waals surface area contributed by atoms with Gasteiger partial charge in [-0.1, -0.05) is 15.9 Å². The zero-order valence-electron chi connectivity index (χ0n) is 11.3. The maximum atomic E-state index is 11.5. The van der Waals surface area contributed by atoms with Crippen LogP contribution in [0.5, 0.6) is 5.75 Å². The van der Waals surface area contributed by atoms with Crippen LogP contribution >= 0.6 is 15.9 Å². The van der Waals surface area contributed by atoms with Crippen LogP contribution in [0.25, 0.3) is 0 Å². The van der Waals surface area contributed by atoms with E-state index in [9.17, 15) is 9.59 Å². The van der Waals surface area contributed by atoms with Crippen LogP contribution in [-0.4, -0.2) is 25.0 Å². The number of nitrogens with two attached hydrogens (primary N) is 1. The van der Waals surface area contributed by atoms with Crippen molar-refractivity contribution in [1.29, 1.82) is 5.26 Å². The number of hydrogen-bond donors (Lipinski definition) is 1. The van der Waals surface area contributed by atoms with Crippen LogP contribution in [0.2, 0.25) is 0 Å². The molecule has 21 heavy (non-hydrogen) atoms. The summed E-state index contributed by atoms with van der Waals surface area (Å²) in [7, 11) is 0. The SMILES string of the molecule is C/C(N)=C(/C#N)C(=O)COC(=O)COc1ccc(Br)cc1. The van der Waals surface area contributed by atoms with Crippen molar-refractivity contribution in [2.45, 2.75) is 6.92 Å². The number of carbonyl (C=O) groups excluding carboxylic acids is 2. The van der Waals surface area contributed by atoms with Gasteiger partial charge in [0.05, 0.1) is 0 Å². The Morgan fingerprint density at radius 2 is 1.90 bits per heavy atom. The summed E-state index contributed by atoms with van der Waals surface area (Å²) in [5.41, 5.74) is 5.24. The number of ketones is 1. The Kier molecular flexibility index (Phi) is 6.43. The van der Waals surface area contributed by atoms with Crippen molar-refractivity contribution >= 4 is 27.7 Å². The zero-order valence-corrected chi connectivity index (χ0v) is 12.8. The van der Waals surface area contributed by atoms with Gasteiger partial charge < -0.3 is 15.2 Å². The molecule has 0 aromatic heterocycles. The van der Waals surface area contributed by atoms with E-state index in [0.717, 1.165) is 4.47 Å². The van der Waals surface area contributed by atoms with Gasteiger partial charge in [-0.3, -0.25) is 4.79 Å². The van der Waals surface area contributed by atoms with Gasteiger partial charge in [-0.15, -0.1) is 0 Å². The van der Waals surface area contributed by atoms with Gasteiger partial charge in [-0.2, -0.15) is 5.26 Å². The number of benzene rings is 1. The van der Waals surface area contributed by atoms with Crippen molar-refractivity contribution in [2.75, 3.05) is 13.2 Å². The van der Waals surface area contributed by atoms with Gasteiger partial charge >= 0.3 is 5.97 Å². The Morgan fingerprint density at radius 1 is 1.29 bits per heavy atom. The number of halogens is 1. The van der Waals surface area contributed by atoms with E-state index in [4.69, 9.17) is 20.5 Å². The third kappa shape index (κ3) is 5.67. The van der Waals surface area contributed by atoms with E-state index in [1.807, 2.05) is 0 Å². The van der Waals surface area contributed by atoms with Crippen LogP contribution < -0.4 is 10.5 Å². The predicted octanol–water partition coefficient (Wildman–Crippen LogP) is 1.70. The van der Waals surface area contributed by atoms with E-state index in [1.54, 1.807) is 30.3 Å². The minimum atomic E-state index is -0.710. The fourth-order valence-electron chi connectivity index (χ4n) is 1.30. The van der Waals surface area contributed by atoms with Gasteiger partial charge in [0.2, 0.25) is 5.78 Å². The number of nitriles is 1. The number of nitrogens with zero attached hydrogens (tertiary/aromatic N) is 1. The topological polar surface area (TPSA) is 102 Å². The van der Waals surface area contributed by atoms with Crippen molar-refractivity contribution in [2.24, 2.45) is 5.73 Å². The van der Waals surface area contributed by atoms with E-state index < -0.39 is 18.4 Å². The minimum absolute atomic E-state index is 0.0876. The van der Waals surface area contributed by atoms with Crippen molar-refractivity contribution < 1.29 is 19.1 Å². The molecule has 0 saturated heterocycles. The van der Waals surface area contributed by atoms with Gasteiger partial charge in [0.25, 0.3) is 0 Å². The van der Waals surface area contributed by atoms with Gasteiger partial charge in [-0.05, 0) is 31.2 Å². The summed E-state index contributed by atoms with van der Waals surface area (Å²) >= 11 is 3.27. The van der Waals surface area contributed by atoms with Crippen molar-refractivity contribution in [3.8, 4) is 11.8 Å². The van der Waals surface area contributed by atoms with Crippen LogP contribution in [0.4, 0.5) is 0 Å². The standard InChI is InChI=1S/C14H13BrN2O4/c1-9(17)12(6-16)13(18)7-21-14(19)8-20-11-4-2-10(15)3-5-11/h2-5H,7-8,17H2,1H3/b12-9+. The normalized spacial score (nSPS) is 11.1. The van der Waals surface area contributed by atoms with Crippen LogP contribution in [0.1, 0.15) is 6.92 Å². The summed E-state index contributed by atoms with van der Waals surface area (Å²) in [6.07, 6.45) is 0. The molecule has 1 rings (SSSR count). The first-order chi connectivity index (χ1) is 9.93. The van der Waals surface area contributed by atoms with E-state index in [1.165, 1.54) is 6.92 Å². The van der Waals surface area contributed by atoms with E-state index in [0.29, 0.717) is 5.75 Å². The highest BCUT2D eigenvalue weighted by atomic mass is 79.9. The molecule has 0 amide bonds. The molecule has 0 bridgehead atoms. The third-order valence-corrected chi connectivity index (χ3v) is 2.85. The number of ether oxygens (including phenoxy) is 2. The number of allylic oxidation sites excluding steroid dienone is 1. The van der Waals surface area contributed by atoms with E-state index in [2.05, 4.69) is 15.9 Å². The second-order valence-electron chi connectivity index (χ2n) is 4.00. The minimum Gasteiger partial charge on any atom is -0.482 e. The van der Waals surface area contributed by atoms with Crippen molar-refractivity contribution in [1.82, 2.24) is 0 Å². The Labute approximate surface area is 130 Å². The van der Waals surface area contributed by atoms with Gasteiger partial charge in [0, 0.05) is 10.2 Å². The quantitative estimate of drug-likeness (QED) is 0.474. The summed E-state index contributed by atoms with van der Waals surface area (Å²) in [5.74, 6) is -0.857. The van der Waals surface area contributed by atoms with Crippen LogP contribution in [0.15, 0.2) is 40.0 Å². The summed E-state index contributed by atoms with van der Waals surface area (Å²) in [6, 6.07) is 8.55. The van der Waals surface area contributed by atoms with E-state index >= 15 is 0 Å². The lowest BCUT2D eigenvalue weighted by molar-refractivity contribution is -0.149. The van der Waals surface area contributed by atoms with E-state index in [-0.39, 0.29) is 17.9 Å². The molecular formula is C14H13BrN2O4. The van der Waals surface area contributed by atoms with Gasteiger partial charge in [0.15, 0.2) is 13.2 Å². The number of esters is 1. The molecule has 0 aliphatic heterocycles. The highest BCUT2D eigenvalue weighted by molar-refractivity contribution is 9.10. The molecule has 0 aliphatic rings. The fourth-order valence-corrected chi connectivity index (χ4v) is 1.57. The number of rotatable bonds is 6. The lowest BCUT2D eigenvalue weighted by Crippen LogP contribution is -2.21. The Morgan fingerprint density at radius 3 is 2.43 bits per heavy atom. The zero-order chi connectivity index (χ0) is 15.8. The molecule has 0 fully saturated rings. The lowest BCUT2D eigenvalue weighted by atomic mass is 10.1. The first kappa shape index (κ1) is 16.7. The molecule has 7 heteroatoms. The molecular weight excluding hydrogens is 340 g/mol. The average Bonchev–Trinajstić information content (AvgIpc) is 2.45. The maximum absolute atomic E-state index is 11.5. The molecule has 0 saturated carbocycles. The second kappa shape index (κ2) is 8.07. The molecule has 1 aromatic carbocycles. The molecule has 0 radical (unpaired) electrons. The molecule has 0 aliphatic carbocycles. The smallest absolute Gasteiger partial charge is 0.344 e. The average molecular weight is 353 g/mol. The Hall–Kier alpha value is -2.33. The summed E-state index contributed by atoms with van der Waals surface area (Å²) in [5, 5.41) is 8.73. The number of carbonyl (C=O) groups is 2. The molecule has 0 spiro atoms. The molecule has 1 aromatic rings. The highest BCUT2D eigenvalue weighted by Crippen LogP contribution is 2.15. The number of Topliss-reactive ketones (excluding diaryl/α,β-unsaturated/α-hetero) is 1. The van der Waals surface area contributed by atoms with Crippen molar-refractivity contribution in [3.63, 3.8) is 0 Å². The first-order valence-corrected chi connectivity index (χ1v) is 6.67. The van der Waals surface area contributed by atoms with Crippen LogP contribution in [-0.2, 0) is 14.3 Å². The molecule has 2 N–H and O–H groups in total. The third-order valence-electron chi connectivity index (χ3n) is 2.32. The Balaban J connectivity index is 2.42.